The summed E-state index contributed by atoms with van der Waals surface area (Å²) in [6, 6.07) is 5.15. The molecule has 0 spiro atoms. The van der Waals surface area contributed by atoms with Crippen molar-refractivity contribution in [3.8, 4) is 11.5 Å². The molecule has 0 aliphatic carbocycles. The van der Waals surface area contributed by atoms with Gasteiger partial charge in [-0.2, -0.15) is 0 Å². The van der Waals surface area contributed by atoms with Gasteiger partial charge in [0.15, 0.2) is 17.9 Å². The first-order valence-electron chi connectivity index (χ1n) is 4.92. The van der Waals surface area contributed by atoms with Crippen LogP contribution in [0.5, 0.6) is 11.5 Å². The summed E-state index contributed by atoms with van der Waals surface area (Å²) < 4.78 is 15.3. The number of carbonyl (C=O) groups excluding carboxylic acids is 1. The second kappa shape index (κ2) is 3.82. The van der Waals surface area contributed by atoms with Crippen molar-refractivity contribution in [2.75, 3.05) is 12.1 Å². The highest BCUT2D eigenvalue weighted by molar-refractivity contribution is 6.02. The number of nitrogens with one attached hydrogen (secondary N) is 1. The fourth-order valence-electron chi connectivity index (χ4n) is 1.49. The van der Waals surface area contributed by atoms with Crippen LogP contribution in [0, 0.1) is 0 Å². The van der Waals surface area contributed by atoms with E-state index in [0.29, 0.717) is 17.2 Å². The molecule has 6 nitrogen and oxygen atoms in total. The average Bonchev–Trinajstić information content (AvgIpc) is 2.99. The minimum absolute atomic E-state index is 0.155. The van der Waals surface area contributed by atoms with Crippen molar-refractivity contribution in [2.45, 2.75) is 0 Å². The molecule has 2 aromatic rings. The summed E-state index contributed by atoms with van der Waals surface area (Å²) >= 11 is 0. The fraction of sp³-hybridized carbons (Fsp3) is 0.0909. The predicted octanol–water partition coefficient (Wildman–Crippen LogP) is 1.66. The number of amides is 1. The van der Waals surface area contributed by atoms with Gasteiger partial charge >= 0.3 is 0 Å². The highest BCUT2D eigenvalue weighted by Crippen LogP contribution is 2.34. The number of fused-ring (bicyclic) bond motifs is 1. The Bertz CT molecular complexity index is 551. The number of ether oxygens (including phenoxy) is 2. The van der Waals surface area contributed by atoms with Crippen LogP contribution in [0.3, 0.4) is 0 Å². The number of carbonyl (C=O) groups is 1. The molecular formula is C11H8N2O4. The zero-order valence-corrected chi connectivity index (χ0v) is 8.67. The molecular weight excluding hydrogens is 224 g/mol. The minimum Gasteiger partial charge on any atom is -0.454 e. The summed E-state index contributed by atoms with van der Waals surface area (Å²) in [7, 11) is 0. The van der Waals surface area contributed by atoms with E-state index in [9.17, 15) is 4.79 Å². The van der Waals surface area contributed by atoms with Crippen molar-refractivity contribution >= 4 is 11.6 Å². The van der Waals surface area contributed by atoms with Gasteiger partial charge in [0.25, 0.3) is 5.91 Å². The van der Waals surface area contributed by atoms with Crippen molar-refractivity contribution in [2.24, 2.45) is 0 Å². The van der Waals surface area contributed by atoms with Crippen LogP contribution in [0.2, 0.25) is 0 Å². The molecule has 0 unspecified atom stereocenters. The second-order valence-corrected chi connectivity index (χ2v) is 3.39. The molecule has 0 fully saturated rings. The van der Waals surface area contributed by atoms with Crippen LogP contribution >= 0.6 is 0 Å². The zero-order valence-electron chi connectivity index (χ0n) is 8.67. The molecule has 0 bridgehead atoms. The van der Waals surface area contributed by atoms with E-state index in [1.807, 2.05) is 0 Å². The molecule has 1 N–H and O–H groups in total. The second-order valence-electron chi connectivity index (χ2n) is 3.39. The van der Waals surface area contributed by atoms with Crippen LogP contribution < -0.4 is 14.8 Å². The quantitative estimate of drug-likeness (QED) is 0.852. The van der Waals surface area contributed by atoms with Gasteiger partial charge in [-0.1, -0.05) is 0 Å². The van der Waals surface area contributed by atoms with E-state index in [2.05, 4.69) is 10.3 Å². The van der Waals surface area contributed by atoms with Crippen LogP contribution in [0.1, 0.15) is 10.6 Å². The smallest absolute Gasteiger partial charge is 0.293 e. The first-order chi connectivity index (χ1) is 8.33. The maximum Gasteiger partial charge on any atom is 0.293 e. The number of anilines is 1. The van der Waals surface area contributed by atoms with Gasteiger partial charge in [-0.3, -0.25) is 4.79 Å². The Kier molecular flexibility index (Phi) is 2.18. The molecule has 6 heteroatoms. The predicted molar refractivity (Wildman–Crippen MR) is 57.0 cm³/mol. The molecule has 1 amide bonds. The Morgan fingerprint density at radius 1 is 1.29 bits per heavy atom. The molecule has 1 aromatic heterocycles. The lowest BCUT2D eigenvalue weighted by atomic mass is 10.2. The SMILES string of the molecule is O=C(Nc1ccc2c(c1)OCO2)c1cnco1. The lowest BCUT2D eigenvalue weighted by molar-refractivity contribution is 0.0996. The van der Waals surface area contributed by atoms with E-state index < -0.39 is 0 Å². The monoisotopic (exact) mass is 232 g/mol. The Hall–Kier alpha value is -2.50. The van der Waals surface area contributed by atoms with Gasteiger partial charge in [0, 0.05) is 11.8 Å². The standard InChI is InChI=1S/C11H8N2O4/c14-11(10-4-12-5-15-10)13-7-1-2-8-9(3-7)17-6-16-8/h1-5H,6H2,(H,13,14). The first kappa shape index (κ1) is 9.71. The van der Waals surface area contributed by atoms with E-state index in [4.69, 9.17) is 13.9 Å². The maximum absolute atomic E-state index is 11.7. The number of oxazole rings is 1. The molecule has 0 atom stereocenters. The molecule has 2 heterocycles. The van der Waals surface area contributed by atoms with Crippen molar-refractivity contribution < 1.29 is 18.7 Å². The number of nitrogens with zero attached hydrogens (tertiary/aromatic N) is 1. The van der Waals surface area contributed by atoms with Crippen LogP contribution in [0.4, 0.5) is 5.69 Å². The van der Waals surface area contributed by atoms with E-state index in [1.54, 1.807) is 18.2 Å². The van der Waals surface area contributed by atoms with Crippen LogP contribution in [0.25, 0.3) is 0 Å². The van der Waals surface area contributed by atoms with Crippen molar-refractivity contribution in [3.63, 3.8) is 0 Å². The molecule has 3 rings (SSSR count). The third kappa shape index (κ3) is 1.80. The Labute approximate surface area is 96.2 Å². The van der Waals surface area contributed by atoms with Crippen LogP contribution in [0.15, 0.2) is 35.2 Å². The van der Waals surface area contributed by atoms with Gasteiger partial charge in [-0.25, -0.2) is 4.98 Å². The summed E-state index contributed by atoms with van der Waals surface area (Å²) in [4.78, 5) is 15.3. The largest absolute Gasteiger partial charge is 0.454 e. The van der Waals surface area contributed by atoms with Crippen molar-refractivity contribution in [1.29, 1.82) is 0 Å². The fourth-order valence-corrected chi connectivity index (χ4v) is 1.49. The van der Waals surface area contributed by atoms with Gasteiger partial charge < -0.3 is 19.2 Å². The van der Waals surface area contributed by atoms with Gasteiger partial charge in [0.2, 0.25) is 12.6 Å². The van der Waals surface area contributed by atoms with Gasteiger partial charge in [-0.05, 0) is 12.1 Å². The third-order valence-electron chi connectivity index (χ3n) is 2.29. The minimum atomic E-state index is -0.360. The summed E-state index contributed by atoms with van der Waals surface area (Å²) in [6.07, 6.45) is 2.55. The molecule has 0 radical (unpaired) electrons. The summed E-state index contributed by atoms with van der Waals surface area (Å²) in [5, 5.41) is 2.67. The van der Waals surface area contributed by atoms with E-state index in [0.717, 1.165) is 0 Å². The zero-order chi connectivity index (χ0) is 11.7. The maximum atomic E-state index is 11.7. The molecule has 1 aromatic carbocycles. The lowest BCUT2D eigenvalue weighted by Gasteiger charge is -2.03. The first-order valence-corrected chi connectivity index (χ1v) is 4.92. The number of hydrogen-bond donors (Lipinski definition) is 1. The van der Waals surface area contributed by atoms with Crippen LogP contribution in [-0.4, -0.2) is 17.7 Å². The molecule has 86 valence electrons. The highest BCUT2D eigenvalue weighted by Gasteiger charge is 2.15. The number of benzene rings is 1. The highest BCUT2D eigenvalue weighted by atomic mass is 16.7. The topological polar surface area (TPSA) is 73.6 Å². The third-order valence-corrected chi connectivity index (χ3v) is 2.29. The van der Waals surface area contributed by atoms with Gasteiger partial charge in [0.05, 0.1) is 6.20 Å². The van der Waals surface area contributed by atoms with Gasteiger partial charge in [-0.15, -0.1) is 0 Å². The average molecular weight is 232 g/mol. The lowest BCUT2D eigenvalue weighted by Crippen LogP contribution is -2.10. The summed E-state index contributed by atoms with van der Waals surface area (Å²) in [5.74, 6) is 1.08. The Balaban J connectivity index is 1.80. The van der Waals surface area contributed by atoms with Gasteiger partial charge in [0.1, 0.15) is 0 Å². The van der Waals surface area contributed by atoms with Crippen molar-refractivity contribution in [1.82, 2.24) is 4.98 Å². The molecule has 1 aliphatic rings. The number of hydrogen-bond acceptors (Lipinski definition) is 5. The molecule has 17 heavy (non-hydrogen) atoms. The Morgan fingerprint density at radius 2 is 2.18 bits per heavy atom. The van der Waals surface area contributed by atoms with Crippen LogP contribution in [-0.2, 0) is 0 Å². The summed E-state index contributed by atoms with van der Waals surface area (Å²) in [6.45, 7) is 0.203. The Morgan fingerprint density at radius 3 is 3.00 bits per heavy atom. The molecule has 0 saturated heterocycles. The number of rotatable bonds is 2. The van der Waals surface area contributed by atoms with Crippen molar-refractivity contribution in [3.05, 3.63) is 36.5 Å². The molecule has 0 saturated carbocycles. The van der Waals surface area contributed by atoms with E-state index in [1.165, 1.54) is 12.6 Å². The van der Waals surface area contributed by atoms with E-state index in [-0.39, 0.29) is 18.5 Å². The number of aromatic nitrogens is 1. The summed E-state index contributed by atoms with van der Waals surface area (Å²) in [5.41, 5.74) is 0.607. The molecule has 1 aliphatic heterocycles. The van der Waals surface area contributed by atoms with E-state index >= 15 is 0 Å². The normalized spacial score (nSPS) is 12.5.